The number of aliphatic carboxylic acids is 1. The van der Waals surface area contributed by atoms with E-state index in [1.807, 2.05) is 0 Å². The van der Waals surface area contributed by atoms with Gasteiger partial charge in [-0.1, -0.05) is 6.08 Å². The Labute approximate surface area is 65.2 Å². The first-order valence-corrected chi connectivity index (χ1v) is 3.03. The van der Waals surface area contributed by atoms with E-state index in [2.05, 4.69) is 0 Å². The summed E-state index contributed by atoms with van der Waals surface area (Å²) in [6.07, 6.45) is 2.65. The van der Waals surface area contributed by atoms with E-state index in [9.17, 15) is 9.59 Å². The number of rotatable bonds is 2. The summed E-state index contributed by atoms with van der Waals surface area (Å²) >= 11 is 0. The third-order valence-electron chi connectivity index (χ3n) is 0.628. The molecule has 0 rings (SSSR count). The Hall–Kier alpha value is -1.16. The van der Waals surface area contributed by atoms with Crippen LogP contribution >= 0.6 is 0 Å². The second-order valence-corrected chi connectivity index (χ2v) is 1.68. The molecule has 0 aromatic heterocycles. The van der Waals surface area contributed by atoms with Crippen LogP contribution in [-0.2, 0) is 9.59 Å². The topological polar surface area (TPSA) is 74.6 Å². The lowest BCUT2D eigenvalue weighted by Crippen LogP contribution is -2.13. The number of hydrogen-bond acceptors (Lipinski definition) is 3. The Bertz CT molecular complexity index is 137. The molecule has 0 fully saturated rings. The molecule has 0 saturated heterocycles. The quantitative estimate of drug-likeness (QED) is 0.447. The number of aliphatic hydroxyl groups is 1. The molecule has 0 spiro atoms. The highest BCUT2D eigenvalue weighted by Crippen LogP contribution is 1.73. The fraction of sp³-hybridized carbons (Fsp3) is 0.429. The zero-order valence-electron chi connectivity index (χ0n) is 6.52. The third-order valence-corrected chi connectivity index (χ3v) is 0.628. The molecule has 11 heavy (non-hydrogen) atoms. The molecule has 4 heteroatoms. The normalized spacial score (nSPS) is 11.5. The molecule has 0 aromatic rings. The minimum Gasteiger partial charge on any atom is -0.479 e. The summed E-state index contributed by atoms with van der Waals surface area (Å²) in [5.41, 5.74) is 0. The Balaban J connectivity index is 0. The van der Waals surface area contributed by atoms with Crippen LogP contribution in [0.15, 0.2) is 12.2 Å². The minimum absolute atomic E-state index is 0.750. The number of carboxylic acid groups (broad SMARTS) is 1. The van der Waals surface area contributed by atoms with Crippen LogP contribution in [-0.4, -0.2) is 28.6 Å². The van der Waals surface area contributed by atoms with Gasteiger partial charge < -0.3 is 10.2 Å². The van der Waals surface area contributed by atoms with E-state index >= 15 is 0 Å². The number of carbonyl (C=O) groups excluding carboxylic acids is 1. The van der Waals surface area contributed by atoms with Gasteiger partial charge >= 0.3 is 5.97 Å². The zero-order chi connectivity index (χ0) is 9.28. The summed E-state index contributed by atoms with van der Waals surface area (Å²) in [6, 6.07) is 0. The Kier molecular flexibility index (Phi) is 10.1. The summed E-state index contributed by atoms with van der Waals surface area (Å²) in [7, 11) is 0. The maximum atomic E-state index is 9.45. The molecule has 0 bridgehead atoms. The molecule has 1 atom stereocenters. The number of carbonyl (C=O) groups is 2. The lowest BCUT2D eigenvalue weighted by Gasteiger charge is -1.89. The molecule has 0 saturated carbocycles. The average Bonchev–Trinajstić information content (AvgIpc) is 1.90. The van der Waals surface area contributed by atoms with Crippen LogP contribution < -0.4 is 0 Å². The van der Waals surface area contributed by atoms with E-state index in [0.29, 0.717) is 0 Å². The fourth-order valence-corrected chi connectivity index (χ4v) is 0.0786. The van der Waals surface area contributed by atoms with E-state index in [0.717, 1.165) is 6.29 Å². The first kappa shape index (κ1) is 12.5. The second-order valence-electron chi connectivity index (χ2n) is 1.68. The first-order chi connectivity index (χ1) is 5.06. The van der Waals surface area contributed by atoms with E-state index < -0.39 is 12.1 Å². The largest absolute Gasteiger partial charge is 0.479 e. The van der Waals surface area contributed by atoms with E-state index in [-0.39, 0.29) is 0 Å². The predicted octanol–water partition coefficient (Wildman–Crippen LogP) is 0.213. The van der Waals surface area contributed by atoms with E-state index in [4.69, 9.17) is 10.2 Å². The smallest absolute Gasteiger partial charge is 0.332 e. The monoisotopic (exact) mass is 160 g/mol. The van der Waals surface area contributed by atoms with Gasteiger partial charge in [-0.25, -0.2) is 4.79 Å². The number of carboxylic acids is 1. The van der Waals surface area contributed by atoms with Gasteiger partial charge in [0.1, 0.15) is 12.4 Å². The maximum Gasteiger partial charge on any atom is 0.332 e. The lowest BCUT2D eigenvalue weighted by atomic mass is 10.4. The Morgan fingerprint density at radius 1 is 1.55 bits per heavy atom. The van der Waals surface area contributed by atoms with E-state index in [1.54, 1.807) is 13.0 Å². The van der Waals surface area contributed by atoms with Gasteiger partial charge in [0.05, 0.1) is 0 Å². The van der Waals surface area contributed by atoms with Crippen molar-refractivity contribution in [2.45, 2.75) is 20.0 Å². The predicted molar refractivity (Wildman–Crippen MR) is 40.2 cm³/mol. The highest BCUT2D eigenvalue weighted by Gasteiger charge is 2.01. The summed E-state index contributed by atoms with van der Waals surface area (Å²) in [6.45, 7) is 3.00. The van der Waals surface area contributed by atoms with Gasteiger partial charge in [0.2, 0.25) is 0 Å². The molecule has 0 radical (unpaired) electrons. The van der Waals surface area contributed by atoms with Gasteiger partial charge in [0.15, 0.2) is 0 Å². The molecule has 1 unspecified atom stereocenters. The summed E-state index contributed by atoms with van der Waals surface area (Å²) in [4.78, 5) is 18.8. The highest BCUT2D eigenvalue weighted by molar-refractivity contribution is 5.71. The second kappa shape index (κ2) is 8.84. The average molecular weight is 160 g/mol. The van der Waals surface area contributed by atoms with Crippen LogP contribution in [0.1, 0.15) is 13.8 Å². The highest BCUT2D eigenvalue weighted by atomic mass is 16.4. The van der Waals surface area contributed by atoms with Gasteiger partial charge in [-0.2, -0.15) is 0 Å². The van der Waals surface area contributed by atoms with Crippen LogP contribution in [0.25, 0.3) is 0 Å². The number of hydrogen-bond donors (Lipinski definition) is 2. The van der Waals surface area contributed by atoms with Crippen molar-refractivity contribution in [1.29, 1.82) is 0 Å². The molecule has 0 heterocycles. The molecule has 0 aromatic carbocycles. The van der Waals surface area contributed by atoms with Gasteiger partial charge in [-0.05, 0) is 19.9 Å². The molecule has 0 aliphatic rings. The van der Waals surface area contributed by atoms with Crippen molar-refractivity contribution in [2.75, 3.05) is 0 Å². The lowest BCUT2D eigenvalue weighted by molar-refractivity contribution is -0.145. The zero-order valence-corrected chi connectivity index (χ0v) is 6.52. The van der Waals surface area contributed by atoms with E-state index in [1.165, 1.54) is 13.0 Å². The summed E-state index contributed by atoms with van der Waals surface area (Å²) in [5, 5.41) is 15.8. The van der Waals surface area contributed by atoms with Gasteiger partial charge in [-0.3, -0.25) is 4.79 Å². The standard InChI is InChI=1S/C4H6O.C3H6O3/c1-2-3-4-5;1-2(4)3(5)6/h2-4H,1H3;2,4H,1H3,(H,5,6). The van der Waals surface area contributed by atoms with Crippen molar-refractivity contribution in [1.82, 2.24) is 0 Å². The summed E-state index contributed by atoms with van der Waals surface area (Å²) < 4.78 is 0. The van der Waals surface area contributed by atoms with Crippen LogP contribution in [0.2, 0.25) is 0 Å². The van der Waals surface area contributed by atoms with Crippen LogP contribution in [0.5, 0.6) is 0 Å². The molecular formula is C7H12O4. The SMILES string of the molecule is CC(O)C(=O)O.CC=CC=O. The molecule has 64 valence electrons. The van der Waals surface area contributed by atoms with Crippen molar-refractivity contribution in [3.05, 3.63) is 12.2 Å². The van der Waals surface area contributed by atoms with Crippen LogP contribution in [0.4, 0.5) is 0 Å². The number of aldehydes is 1. The van der Waals surface area contributed by atoms with Crippen molar-refractivity contribution in [2.24, 2.45) is 0 Å². The van der Waals surface area contributed by atoms with Gasteiger partial charge in [0, 0.05) is 0 Å². The molecule has 2 N–H and O–H groups in total. The maximum absolute atomic E-state index is 9.45. The first-order valence-electron chi connectivity index (χ1n) is 3.03. The van der Waals surface area contributed by atoms with Crippen molar-refractivity contribution < 1.29 is 19.8 Å². The molecule has 0 amide bonds. The molecule has 0 aliphatic heterocycles. The minimum atomic E-state index is -1.23. The summed E-state index contributed by atoms with van der Waals surface area (Å²) in [5.74, 6) is -1.19. The Morgan fingerprint density at radius 2 is 1.91 bits per heavy atom. The molecule has 0 aliphatic carbocycles. The van der Waals surface area contributed by atoms with Gasteiger partial charge in [0.25, 0.3) is 0 Å². The number of allylic oxidation sites excluding steroid dienone is 2. The van der Waals surface area contributed by atoms with Gasteiger partial charge in [-0.15, -0.1) is 0 Å². The molecular weight excluding hydrogens is 148 g/mol. The van der Waals surface area contributed by atoms with Crippen molar-refractivity contribution >= 4 is 12.3 Å². The van der Waals surface area contributed by atoms with Crippen molar-refractivity contribution in [3.8, 4) is 0 Å². The number of aliphatic hydroxyl groups excluding tert-OH is 1. The Morgan fingerprint density at radius 3 is 1.91 bits per heavy atom. The third kappa shape index (κ3) is 17.7. The van der Waals surface area contributed by atoms with Crippen LogP contribution in [0.3, 0.4) is 0 Å². The van der Waals surface area contributed by atoms with Crippen LogP contribution in [0, 0.1) is 0 Å². The van der Waals surface area contributed by atoms with Crippen molar-refractivity contribution in [3.63, 3.8) is 0 Å². The fourth-order valence-electron chi connectivity index (χ4n) is 0.0786. The molecule has 4 nitrogen and oxygen atoms in total.